The first kappa shape index (κ1) is 25.1. The SMILES string of the molecule is Cc1ccc(-c2c(C)ccc3c2oc2c(-c4cccc(-c5ccc(C(C)(C)C)cc5)c4)c(F)ccc23)[n+](C)c1. The van der Waals surface area contributed by atoms with Crippen LogP contribution in [0.1, 0.15) is 37.5 Å². The number of nitrogens with zero attached hydrogens (tertiary/aromatic N) is 1. The Hall–Kier alpha value is -4.24. The van der Waals surface area contributed by atoms with Crippen LogP contribution in [0.4, 0.5) is 4.39 Å². The molecule has 2 nitrogen and oxygen atoms in total. The van der Waals surface area contributed by atoms with E-state index in [1.165, 1.54) is 11.1 Å². The topological polar surface area (TPSA) is 17.0 Å². The van der Waals surface area contributed by atoms with Gasteiger partial charge < -0.3 is 4.42 Å². The number of furan rings is 1. The van der Waals surface area contributed by atoms with Crippen molar-refractivity contribution in [1.82, 2.24) is 0 Å². The van der Waals surface area contributed by atoms with E-state index in [1.54, 1.807) is 6.07 Å². The monoisotopic (exact) mass is 514 g/mol. The molecule has 39 heavy (non-hydrogen) atoms. The van der Waals surface area contributed by atoms with E-state index >= 15 is 4.39 Å². The molecular weight excluding hydrogens is 481 g/mol. The molecule has 0 amide bonds. The third-order valence-electron chi connectivity index (χ3n) is 7.74. The second-order valence-electron chi connectivity index (χ2n) is 11.6. The summed E-state index contributed by atoms with van der Waals surface area (Å²) in [5, 5.41) is 1.90. The minimum atomic E-state index is -0.291. The highest BCUT2D eigenvalue weighted by atomic mass is 19.1. The summed E-state index contributed by atoms with van der Waals surface area (Å²) < 4.78 is 24.3. The molecule has 3 heteroatoms. The summed E-state index contributed by atoms with van der Waals surface area (Å²) >= 11 is 0. The summed E-state index contributed by atoms with van der Waals surface area (Å²) in [6.07, 6.45) is 2.11. The second kappa shape index (κ2) is 9.20. The average Bonchev–Trinajstić information content (AvgIpc) is 3.27. The van der Waals surface area contributed by atoms with Gasteiger partial charge in [0.25, 0.3) is 0 Å². The van der Waals surface area contributed by atoms with Gasteiger partial charge in [0.1, 0.15) is 24.0 Å². The Kier molecular flexibility index (Phi) is 5.91. The largest absolute Gasteiger partial charge is 0.454 e. The van der Waals surface area contributed by atoms with Gasteiger partial charge in [-0.3, -0.25) is 0 Å². The zero-order valence-corrected chi connectivity index (χ0v) is 23.4. The molecule has 0 bridgehead atoms. The highest BCUT2D eigenvalue weighted by Gasteiger charge is 2.23. The van der Waals surface area contributed by atoms with Gasteiger partial charge in [0.2, 0.25) is 5.69 Å². The molecule has 2 aromatic heterocycles. The maximum absolute atomic E-state index is 15.6. The number of pyridine rings is 1. The van der Waals surface area contributed by atoms with Gasteiger partial charge in [-0.05, 0) is 71.3 Å². The zero-order chi connectivity index (χ0) is 27.5. The lowest BCUT2D eigenvalue weighted by molar-refractivity contribution is -0.660. The number of hydrogen-bond donors (Lipinski definition) is 0. The Balaban J connectivity index is 1.55. The molecule has 6 aromatic rings. The summed E-state index contributed by atoms with van der Waals surface area (Å²) in [4.78, 5) is 0. The predicted molar refractivity (Wildman–Crippen MR) is 159 cm³/mol. The minimum absolute atomic E-state index is 0.0906. The Morgan fingerprint density at radius 1 is 0.692 bits per heavy atom. The van der Waals surface area contributed by atoms with Crippen molar-refractivity contribution < 1.29 is 13.4 Å². The van der Waals surface area contributed by atoms with Crippen LogP contribution in [0.25, 0.3) is 55.4 Å². The molecule has 0 spiro atoms. The lowest BCUT2D eigenvalue weighted by atomic mass is 9.86. The quantitative estimate of drug-likeness (QED) is 0.215. The molecule has 0 aliphatic carbocycles. The van der Waals surface area contributed by atoms with Crippen LogP contribution in [0, 0.1) is 19.7 Å². The van der Waals surface area contributed by atoms with Crippen LogP contribution in [-0.2, 0) is 12.5 Å². The molecule has 0 atom stereocenters. The number of aryl methyl sites for hydroxylation is 3. The Morgan fingerprint density at radius 2 is 1.36 bits per heavy atom. The van der Waals surface area contributed by atoms with Gasteiger partial charge >= 0.3 is 0 Å². The molecule has 194 valence electrons. The molecule has 0 saturated carbocycles. The predicted octanol–water partition coefficient (Wildman–Crippen LogP) is 9.46. The van der Waals surface area contributed by atoms with Crippen molar-refractivity contribution in [2.75, 3.05) is 0 Å². The smallest absolute Gasteiger partial charge is 0.216 e. The number of rotatable bonds is 3. The second-order valence-corrected chi connectivity index (χ2v) is 11.6. The number of halogens is 1. The van der Waals surface area contributed by atoms with E-state index in [2.05, 4.69) is 106 Å². The summed E-state index contributed by atoms with van der Waals surface area (Å²) in [6, 6.07) is 28.6. The summed E-state index contributed by atoms with van der Waals surface area (Å²) in [7, 11) is 2.05. The zero-order valence-electron chi connectivity index (χ0n) is 23.4. The third-order valence-corrected chi connectivity index (χ3v) is 7.74. The lowest BCUT2D eigenvalue weighted by Gasteiger charge is -2.19. The van der Waals surface area contributed by atoms with Crippen LogP contribution < -0.4 is 4.57 Å². The molecular formula is C36H33FNO+. The Bertz CT molecular complexity index is 1870. The fraction of sp³-hybridized carbons (Fsp3) is 0.194. The highest BCUT2D eigenvalue weighted by Crippen LogP contribution is 2.42. The number of aromatic nitrogens is 1. The van der Waals surface area contributed by atoms with Crippen molar-refractivity contribution in [3.05, 3.63) is 114 Å². The third kappa shape index (κ3) is 4.32. The maximum Gasteiger partial charge on any atom is 0.216 e. The van der Waals surface area contributed by atoms with Gasteiger partial charge in [-0.25, -0.2) is 8.96 Å². The van der Waals surface area contributed by atoms with Gasteiger partial charge in [0.15, 0.2) is 6.20 Å². The number of benzene rings is 4. The fourth-order valence-corrected chi connectivity index (χ4v) is 5.59. The number of hydrogen-bond acceptors (Lipinski definition) is 1. The van der Waals surface area contributed by atoms with E-state index in [0.717, 1.165) is 49.9 Å². The first-order valence-corrected chi connectivity index (χ1v) is 13.4. The molecule has 6 rings (SSSR count). The van der Waals surface area contributed by atoms with Crippen molar-refractivity contribution in [1.29, 1.82) is 0 Å². The molecule has 0 N–H and O–H groups in total. The number of fused-ring (bicyclic) bond motifs is 3. The van der Waals surface area contributed by atoms with Gasteiger partial charge in [-0.1, -0.05) is 75.4 Å². The molecule has 4 aromatic carbocycles. The van der Waals surface area contributed by atoms with E-state index in [9.17, 15) is 0 Å². The van der Waals surface area contributed by atoms with Crippen molar-refractivity contribution in [3.63, 3.8) is 0 Å². The standard InChI is InChI=1S/C36H33FNO/c1-22-10-19-31(38(6)21-22)32-23(2)11-16-28-29-17-18-30(37)33(35(29)39-34(28)32)26-9-7-8-25(20-26)24-12-14-27(15-13-24)36(3,4)5/h7-21H,1-6H3/q+1. The average molecular weight is 515 g/mol. The molecule has 0 aliphatic rings. The van der Waals surface area contributed by atoms with Crippen molar-refractivity contribution in [2.24, 2.45) is 7.05 Å². The Labute approximate surface area is 229 Å². The van der Waals surface area contributed by atoms with Crippen molar-refractivity contribution in [2.45, 2.75) is 40.0 Å². The summed E-state index contributed by atoms with van der Waals surface area (Å²) in [5.74, 6) is -0.291. The normalized spacial score (nSPS) is 12.0. The molecule has 0 radical (unpaired) electrons. The summed E-state index contributed by atoms with van der Waals surface area (Å²) in [5.41, 5.74) is 10.6. The van der Waals surface area contributed by atoms with E-state index in [-0.39, 0.29) is 11.2 Å². The molecule has 0 fully saturated rings. The van der Waals surface area contributed by atoms with E-state index in [4.69, 9.17) is 4.42 Å². The lowest BCUT2D eigenvalue weighted by Crippen LogP contribution is -2.31. The molecule has 0 saturated heterocycles. The van der Waals surface area contributed by atoms with Crippen LogP contribution >= 0.6 is 0 Å². The Morgan fingerprint density at radius 3 is 2.05 bits per heavy atom. The van der Waals surface area contributed by atoms with Gasteiger partial charge in [-0.2, -0.15) is 0 Å². The van der Waals surface area contributed by atoms with Gasteiger partial charge in [0, 0.05) is 22.4 Å². The van der Waals surface area contributed by atoms with Crippen LogP contribution in [-0.4, -0.2) is 0 Å². The van der Waals surface area contributed by atoms with Crippen molar-refractivity contribution >= 4 is 21.9 Å². The van der Waals surface area contributed by atoms with Crippen LogP contribution in [0.3, 0.4) is 0 Å². The minimum Gasteiger partial charge on any atom is -0.454 e. The first-order valence-electron chi connectivity index (χ1n) is 13.4. The van der Waals surface area contributed by atoms with Crippen LogP contribution in [0.15, 0.2) is 95.5 Å². The van der Waals surface area contributed by atoms with E-state index in [0.29, 0.717) is 11.1 Å². The van der Waals surface area contributed by atoms with Gasteiger partial charge in [0.05, 0.1) is 11.1 Å². The highest BCUT2D eigenvalue weighted by molar-refractivity contribution is 6.13. The van der Waals surface area contributed by atoms with Crippen molar-refractivity contribution in [3.8, 4) is 33.5 Å². The first-order chi connectivity index (χ1) is 18.6. The summed E-state index contributed by atoms with van der Waals surface area (Å²) in [6.45, 7) is 10.8. The van der Waals surface area contributed by atoms with Gasteiger partial charge in [-0.15, -0.1) is 0 Å². The van der Waals surface area contributed by atoms with E-state index < -0.39 is 0 Å². The fourth-order valence-electron chi connectivity index (χ4n) is 5.59. The van der Waals surface area contributed by atoms with Crippen LogP contribution in [0.5, 0.6) is 0 Å². The van der Waals surface area contributed by atoms with E-state index in [1.807, 2.05) is 25.2 Å². The maximum atomic E-state index is 15.6. The van der Waals surface area contributed by atoms with Crippen LogP contribution in [0.2, 0.25) is 0 Å². The molecule has 2 heterocycles. The molecule has 0 aliphatic heterocycles. The molecule has 0 unspecified atom stereocenters.